The highest BCUT2D eigenvalue weighted by Gasteiger charge is 2.27. The fraction of sp³-hybridized carbons (Fsp3) is 0.214. The van der Waals surface area contributed by atoms with Crippen molar-refractivity contribution >= 4 is 60.9 Å². The Kier molecular flexibility index (Phi) is 10.2. The number of anilines is 3. The van der Waals surface area contributed by atoms with Crippen LogP contribution in [-0.2, 0) is 9.53 Å². The number of allylic oxidation sites excluding steroid dienone is 1. The molecular weight excluding hydrogens is 602 g/mol. The van der Waals surface area contributed by atoms with Crippen LogP contribution in [0.15, 0.2) is 81.8 Å². The summed E-state index contributed by atoms with van der Waals surface area (Å²) in [7, 11) is 0. The van der Waals surface area contributed by atoms with Crippen molar-refractivity contribution in [2.45, 2.75) is 32.8 Å². The monoisotopic (exact) mass is 629 g/mol. The lowest BCUT2D eigenvalue weighted by atomic mass is 9.92. The zero-order chi connectivity index (χ0) is 26.9. The van der Waals surface area contributed by atoms with Gasteiger partial charge in [-0.25, -0.2) is 4.79 Å². The molecule has 0 aliphatic rings. The van der Waals surface area contributed by atoms with Gasteiger partial charge in [0.1, 0.15) is 11.9 Å². The maximum absolute atomic E-state index is 12.8. The molecule has 3 aromatic carbocycles. The molecule has 0 unspecified atom stereocenters. The zero-order valence-corrected chi connectivity index (χ0v) is 23.7. The number of carbonyl (C=O) groups excluding carboxylic acids is 2. The molecule has 0 bridgehead atoms. The maximum atomic E-state index is 12.8. The van der Waals surface area contributed by atoms with E-state index < -0.39 is 12.2 Å². The molecule has 0 aliphatic heterocycles. The Morgan fingerprint density at radius 3 is 2.49 bits per heavy atom. The number of aromatic hydroxyl groups is 1. The number of nitrogens with one attached hydrogen (secondary N) is 2. The predicted molar refractivity (Wildman–Crippen MR) is 155 cm³/mol. The van der Waals surface area contributed by atoms with Gasteiger partial charge in [0.25, 0.3) is 0 Å². The summed E-state index contributed by atoms with van der Waals surface area (Å²) in [5, 5.41) is 16.2. The zero-order valence-electron chi connectivity index (χ0n) is 20.5. The van der Waals surface area contributed by atoms with Crippen LogP contribution >= 0.6 is 31.9 Å². The minimum atomic E-state index is -0.745. The van der Waals surface area contributed by atoms with Crippen molar-refractivity contribution in [2.75, 3.05) is 16.4 Å². The summed E-state index contributed by atoms with van der Waals surface area (Å²) < 4.78 is 7.03. The average molecular weight is 631 g/mol. The van der Waals surface area contributed by atoms with Crippen molar-refractivity contribution in [1.29, 1.82) is 0 Å². The number of aryl methyl sites for hydroxylation is 1. The lowest BCUT2D eigenvalue weighted by molar-refractivity contribution is -0.111. The van der Waals surface area contributed by atoms with E-state index in [4.69, 9.17) is 10.5 Å². The number of phenols is 1. The van der Waals surface area contributed by atoms with Gasteiger partial charge in [0.2, 0.25) is 5.91 Å². The van der Waals surface area contributed by atoms with Gasteiger partial charge >= 0.3 is 6.09 Å². The van der Waals surface area contributed by atoms with Crippen molar-refractivity contribution in [1.82, 2.24) is 0 Å². The molecule has 0 aromatic heterocycles. The van der Waals surface area contributed by atoms with Crippen LogP contribution < -0.4 is 16.4 Å². The second-order valence-electron chi connectivity index (χ2n) is 8.68. The van der Waals surface area contributed by atoms with Crippen LogP contribution in [0.2, 0.25) is 0 Å². The summed E-state index contributed by atoms with van der Waals surface area (Å²) in [6, 6.07) is 17.8. The van der Waals surface area contributed by atoms with Crippen LogP contribution in [0, 0.1) is 12.8 Å². The molecule has 0 saturated heterocycles. The first-order valence-electron chi connectivity index (χ1n) is 11.7. The third-order valence-corrected chi connectivity index (χ3v) is 6.75. The lowest BCUT2D eigenvalue weighted by Gasteiger charge is -2.26. The predicted octanol–water partition coefficient (Wildman–Crippen LogP) is 7.71. The van der Waals surface area contributed by atoms with E-state index in [9.17, 15) is 14.7 Å². The van der Waals surface area contributed by atoms with E-state index in [-0.39, 0.29) is 17.6 Å². The van der Waals surface area contributed by atoms with Gasteiger partial charge in [0.15, 0.2) is 0 Å². The van der Waals surface area contributed by atoms with Crippen LogP contribution in [0.5, 0.6) is 5.75 Å². The van der Waals surface area contributed by atoms with Crippen molar-refractivity contribution in [3.05, 3.63) is 92.9 Å². The largest absolute Gasteiger partial charge is 0.506 e. The maximum Gasteiger partial charge on any atom is 0.412 e. The van der Waals surface area contributed by atoms with Crippen LogP contribution in [0.3, 0.4) is 0 Å². The number of carbonyl (C=O) groups is 2. The molecule has 3 rings (SSSR count). The molecule has 0 aliphatic carbocycles. The summed E-state index contributed by atoms with van der Waals surface area (Å²) in [6.45, 7) is 3.89. The Bertz CT molecular complexity index is 1280. The first-order chi connectivity index (χ1) is 17.6. The van der Waals surface area contributed by atoms with Gasteiger partial charge in [-0.2, -0.15) is 0 Å². The molecule has 37 heavy (non-hydrogen) atoms. The number of nitrogens with two attached hydrogens (primary N) is 1. The van der Waals surface area contributed by atoms with E-state index in [1.807, 2.05) is 26.0 Å². The molecule has 0 radical (unpaired) electrons. The van der Waals surface area contributed by atoms with E-state index in [1.54, 1.807) is 54.6 Å². The third-order valence-electron chi connectivity index (χ3n) is 5.69. The van der Waals surface area contributed by atoms with Gasteiger partial charge in [0.05, 0.1) is 15.8 Å². The van der Waals surface area contributed by atoms with E-state index >= 15 is 0 Å². The van der Waals surface area contributed by atoms with Crippen molar-refractivity contribution < 1.29 is 19.4 Å². The number of nitrogen functional groups attached to an aromatic ring is 1. The molecule has 5 N–H and O–H groups in total. The fourth-order valence-electron chi connectivity index (χ4n) is 3.67. The SMILES string of the molecule is Cc1ccc(NC(=O)O[C@@H](c2cc(Br)cc(Br)c2O)[C@@H](C)CC/C=C/C(=O)Nc2ccccc2N)cc1. The van der Waals surface area contributed by atoms with Crippen molar-refractivity contribution in [2.24, 2.45) is 5.92 Å². The third kappa shape index (κ3) is 8.36. The number of ether oxygens (including phenoxy) is 1. The van der Waals surface area contributed by atoms with Gasteiger partial charge in [-0.1, -0.05) is 58.8 Å². The normalized spacial score (nSPS) is 12.6. The number of amides is 2. The molecule has 0 spiro atoms. The topological polar surface area (TPSA) is 114 Å². The molecule has 0 heterocycles. The van der Waals surface area contributed by atoms with E-state index in [1.165, 1.54) is 6.08 Å². The first-order valence-corrected chi connectivity index (χ1v) is 13.3. The minimum Gasteiger partial charge on any atom is -0.506 e. The molecule has 3 aromatic rings. The minimum absolute atomic E-state index is 0.00134. The molecule has 194 valence electrons. The fourth-order valence-corrected chi connectivity index (χ4v) is 4.93. The number of hydrogen-bond donors (Lipinski definition) is 4. The van der Waals surface area contributed by atoms with Crippen LogP contribution in [0.1, 0.15) is 37.0 Å². The molecule has 0 fully saturated rings. The molecule has 2 amide bonds. The first kappa shape index (κ1) is 28.3. The second kappa shape index (κ2) is 13.3. The summed E-state index contributed by atoms with van der Waals surface area (Å²) in [4.78, 5) is 25.0. The molecular formula is C28H29Br2N3O4. The van der Waals surface area contributed by atoms with Crippen molar-refractivity contribution in [3.8, 4) is 5.75 Å². The molecule has 2 atom stereocenters. The van der Waals surface area contributed by atoms with Crippen LogP contribution in [0.4, 0.5) is 21.9 Å². The Balaban J connectivity index is 1.69. The Morgan fingerprint density at radius 1 is 1.08 bits per heavy atom. The summed E-state index contributed by atoms with van der Waals surface area (Å²) >= 11 is 6.79. The highest BCUT2D eigenvalue weighted by molar-refractivity contribution is 9.11. The van der Waals surface area contributed by atoms with Crippen LogP contribution in [0.25, 0.3) is 0 Å². The van der Waals surface area contributed by atoms with Gasteiger partial charge in [0, 0.05) is 15.7 Å². The van der Waals surface area contributed by atoms with E-state index in [2.05, 4.69) is 42.5 Å². The lowest BCUT2D eigenvalue weighted by Crippen LogP contribution is -2.22. The molecule has 0 saturated carbocycles. The number of halogens is 2. The number of hydrogen-bond acceptors (Lipinski definition) is 5. The van der Waals surface area contributed by atoms with Gasteiger partial charge < -0.3 is 20.9 Å². The second-order valence-corrected chi connectivity index (χ2v) is 10.4. The molecule has 7 nitrogen and oxygen atoms in total. The summed E-state index contributed by atoms with van der Waals surface area (Å²) in [5.41, 5.74) is 9.05. The smallest absolute Gasteiger partial charge is 0.412 e. The standard InChI is InChI=1S/C28H29Br2N3O4/c1-17-11-13-20(14-12-17)32-28(36)37-27(21-15-19(29)16-22(30)26(21)35)18(2)7-3-6-10-25(34)33-24-9-5-4-8-23(24)31/h4-6,8-16,18,27,35H,3,7,31H2,1-2H3,(H,32,36)(H,33,34)/b10-6+/t18-,27+/m0/s1. The Hall–Kier alpha value is -3.30. The summed E-state index contributed by atoms with van der Waals surface area (Å²) in [6.07, 6.45) is 2.96. The quantitative estimate of drug-likeness (QED) is 0.143. The van der Waals surface area contributed by atoms with E-state index in [0.29, 0.717) is 39.9 Å². The van der Waals surface area contributed by atoms with Crippen molar-refractivity contribution in [3.63, 3.8) is 0 Å². The number of benzene rings is 3. The Morgan fingerprint density at radius 2 is 1.78 bits per heavy atom. The van der Waals surface area contributed by atoms with Gasteiger partial charge in [-0.05, 0) is 84.1 Å². The highest BCUT2D eigenvalue weighted by Crippen LogP contribution is 2.40. The Labute approximate surface area is 233 Å². The highest BCUT2D eigenvalue weighted by atomic mass is 79.9. The number of rotatable bonds is 9. The van der Waals surface area contributed by atoms with Gasteiger partial charge in [-0.3, -0.25) is 10.1 Å². The van der Waals surface area contributed by atoms with Gasteiger partial charge in [-0.15, -0.1) is 0 Å². The molecule has 9 heteroatoms. The summed E-state index contributed by atoms with van der Waals surface area (Å²) in [5.74, 6) is -0.476. The van der Waals surface area contributed by atoms with Crippen LogP contribution in [-0.4, -0.2) is 17.1 Å². The average Bonchev–Trinajstić information content (AvgIpc) is 2.85. The van der Waals surface area contributed by atoms with E-state index in [0.717, 1.165) is 10.0 Å². The number of phenolic OH excluding ortho intramolecular Hbond substituents is 1. The number of para-hydroxylation sites is 2.